The lowest BCUT2D eigenvalue weighted by atomic mass is 9.97. The van der Waals surface area contributed by atoms with Crippen LogP contribution in [0, 0.1) is 5.92 Å². The van der Waals surface area contributed by atoms with E-state index in [2.05, 4.69) is 0 Å². The van der Waals surface area contributed by atoms with E-state index in [1.165, 1.54) is 4.31 Å². The highest BCUT2D eigenvalue weighted by molar-refractivity contribution is 7.89. The van der Waals surface area contributed by atoms with E-state index in [0.29, 0.717) is 45.4 Å². The molecule has 110 valence electrons. The van der Waals surface area contributed by atoms with E-state index in [0.717, 1.165) is 0 Å². The highest BCUT2D eigenvalue weighted by Crippen LogP contribution is 2.23. The first-order valence-electron chi connectivity index (χ1n) is 6.88. The molecule has 2 aliphatic heterocycles. The molecular weight excluding hydrogens is 268 g/mol. The highest BCUT2D eigenvalue weighted by Gasteiger charge is 2.34. The van der Waals surface area contributed by atoms with Crippen LogP contribution in [0.3, 0.4) is 0 Å². The van der Waals surface area contributed by atoms with Gasteiger partial charge in [0, 0.05) is 32.1 Å². The van der Waals surface area contributed by atoms with Crippen LogP contribution in [0.2, 0.25) is 0 Å². The SMILES string of the molecule is CCS(=O)(=O)N1CCC(C(=O)N2CC[C@H](O)C2)CC1. The van der Waals surface area contributed by atoms with Gasteiger partial charge < -0.3 is 10.0 Å². The summed E-state index contributed by atoms with van der Waals surface area (Å²) in [5.74, 6) is 0.0999. The van der Waals surface area contributed by atoms with Crippen LogP contribution in [0.15, 0.2) is 0 Å². The number of carbonyl (C=O) groups is 1. The molecule has 0 aromatic carbocycles. The van der Waals surface area contributed by atoms with Gasteiger partial charge in [-0.15, -0.1) is 0 Å². The Balaban J connectivity index is 1.88. The van der Waals surface area contributed by atoms with Gasteiger partial charge in [-0.25, -0.2) is 12.7 Å². The summed E-state index contributed by atoms with van der Waals surface area (Å²) >= 11 is 0. The van der Waals surface area contributed by atoms with Crippen molar-refractivity contribution in [2.45, 2.75) is 32.3 Å². The molecule has 7 heteroatoms. The van der Waals surface area contributed by atoms with Crippen LogP contribution in [-0.4, -0.2) is 66.7 Å². The van der Waals surface area contributed by atoms with Gasteiger partial charge >= 0.3 is 0 Å². The predicted molar refractivity (Wildman–Crippen MR) is 71.0 cm³/mol. The Morgan fingerprint density at radius 2 is 1.84 bits per heavy atom. The van der Waals surface area contributed by atoms with Gasteiger partial charge in [-0.05, 0) is 26.2 Å². The summed E-state index contributed by atoms with van der Waals surface area (Å²) in [7, 11) is -3.13. The number of amides is 1. The van der Waals surface area contributed by atoms with Crippen LogP contribution in [0.4, 0.5) is 0 Å². The maximum atomic E-state index is 12.2. The fourth-order valence-electron chi connectivity index (χ4n) is 2.76. The second-order valence-electron chi connectivity index (χ2n) is 5.30. The third-order valence-electron chi connectivity index (χ3n) is 4.04. The van der Waals surface area contributed by atoms with Gasteiger partial charge in [-0.3, -0.25) is 4.79 Å². The van der Waals surface area contributed by atoms with Crippen LogP contribution in [0.25, 0.3) is 0 Å². The van der Waals surface area contributed by atoms with E-state index in [4.69, 9.17) is 0 Å². The second-order valence-corrected chi connectivity index (χ2v) is 7.56. The number of β-amino-alcohol motifs (C(OH)–C–C–N with tert-alkyl or cyclic N) is 1. The van der Waals surface area contributed by atoms with Crippen molar-refractivity contribution in [1.82, 2.24) is 9.21 Å². The number of sulfonamides is 1. The third-order valence-corrected chi connectivity index (χ3v) is 5.92. The largest absolute Gasteiger partial charge is 0.391 e. The zero-order chi connectivity index (χ0) is 14.0. The molecule has 0 radical (unpaired) electrons. The molecule has 2 heterocycles. The molecule has 0 aromatic heterocycles. The number of carbonyl (C=O) groups excluding carboxylic acids is 1. The maximum Gasteiger partial charge on any atom is 0.225 e. The standard InChI is InChI=1S/C12H22N2O4S/c1-2-19(17,18)14-7-3-10(4-8-14)12(16)13-6-5-11(15)9-13/h10-11,15H,2-9H2,1H3/t11-/m0/s1. The molecule has 1 N–H and O–H groups in total. The number of rotatable bonds is 3. The summed E-state index contributed by atoms with van der Waals surface area (Å²) in [4.78, 5) is 13.9. The van der Waals surface area contributed by atoms with E-state index in [1.54, 1.807) is 11.8 Å². The maximum absolute atomic E-state index is 12.2. The van der Waals surface area contributed by atoms with Crippen molar-refractivity contribution in [2.75, 3.05) is 31.9 Å². The summed E-state index contributed by atoms with van der Waals surface area (Å²) in [5, 5.41) is 9.45. The molecule has 0 aromatic rings. The molecule has 2 fully saturated rings. The van der Waals surface area contributed by atoms with Crippen molar-refractivity contribution < 1.29 is 18.3 Å². The van der Waals surface area contributed by atoms with E-state index in [-0.39, 0.29) is 17.6 Å². The molecule has 0 saturated carbocycles. The molecule has 0 spiro atoms. The minimum Gasteiger partial charge on any atom is -0.391 e. The van der Waals surface area contributed by atoms with Crippen molar-refractivity contribution >= 4 is 15.9 Å². The van der Waals surface area contributed by atoms with Crippen LogP contribution < -0.4 is 0 Å². The van der Waals surface area contributed by atoms with Crippen molar-refractivity contribution in [3.05, 3.63) is 0 Å². The number of nitrogens with zero attached hydrogens (tertiary/aromatic N) is 2. The number of hydrogen-bond donors (Lipinski definition) is 1. The normalized spacial score (nSPS) is 26.8. The first kappa shape index (κ1) is 14.7. The van der Waals surface area contributed by atoms with Gasteiger partial charge in [-0.1, -0.05) is 0 Å². The van der Waals surface area contributed by atoms with Crippen LogP contribution in [0.1, 0.15) is 26.2 Å². The molecule has 6 nitrogen and oxygen atoms in total. The molecule has 2 rings (SSSR count). The Labute approximate surface area is 114 Å². The number of aliphatic hydroxyl groups is 1. The molecule has 1 amide bonds. The molecule has 0 aliphatic carbocycles. The van der Waals surface area contributed by atoms with Gasteiger partial charge in [0.15, 0.2) is 0 Å². The molecule has 2 aliphatic rings. The number of piperidine rings is 1. The zero-order valence-corrected chi connectivity index (χ0v) is 12.1. The lowest BCUT2D eigenvalue weighted by molar-refractivity contribution is -0.136. The average Bonchev–Trinajstić information content (AvgIpc) is 2.85. The zero-order valence-electron chi connectivity index (χ0n) is 11.3. The molecule has 2 saturated heterocycles. The van der Waals surface area contributed by atoms with Gasteiger partial charge in [0.1, 0.15) is 0 Å². The minimum atomic E-state index is -3.13. The first-order valence-corrected chi connectivity index (χ1v) is 8.49. The van der Waals surface area contributed by atoms with E-state index < -0.39 is 16.1 Å². The molecular formula is C12H22N2O4S. The summed E-state index contributed by atoms with van der Waals surface area (Å²) in [5.41, 5.74) is 0. The Kier molecular flexibility index (Phi) is 4.47. The monoisotopic (exact) mass is 290 g/mol. The summed E-state index contributed by atoms with van der Waals surface area (Å²) in [6, 6.07) is 0. The van der Waals surface area contributed by atoms with Gasteiger partial charge in [0.2, 0.25) is 15.9 Å². The van der Waals surface area contributed by atoms with Crippen molar-refractivity contribution in [3.8, 4) is 0 Å². The average molecular weight is 290 g/mol. The molecule has 0 unspecified atom stereocenters. The van der Waals surface area contributed by atoms with Crippen LogP contribution >= 0.6 is 0 Å². The van der Waals surface area contributed by atoms with Crippen LogP contribution in [0.5, 0.6) is 0 Å². The second kappa shape index (κ2) is 5.76. The van der Waals surface area contributed by atoms with Crippen LogP contribution in [-0.2, 0) is 14.8 Å². The topological polar surface area (TPSA) is 77.9 Å². The molecule has 1 atom stereocenters. The highest BCUT2D eigenvalue weighted by atomic mass is 32.2. The Hall–Kier alpha value is -0.660. The number of hydrogen-bond acceptors (Lipinski definition) is 4. The van der Waals surface area contributed by atoms with Gasteiger partial charge in [-0.2, -0.15) is 0 Å². The Morgan fingerprint density at radius 1 is 1.21 bits per heavy atom. The predicted octanol–water partition coefficient (Wildman–Crippen LogP) is -0.359. The minimum absolute atomic E-state index is 0.0742. The van der Waals surface area contributed by atoms with E-state index >= 15 is 0 Å². The number of likely N-dealkylation sites (tertiary alicyclic amines) is 1. The summed E-state index contributed by atoms with van der Waals surface area (Å²) < 4.78 is 24.9. The lowest BCUT2D eigenvalue weighted by Gasteiger charge is -2.32. The first-order chi connectivity index (χ1) is 8.94. The van der Waals surface area contributed by atoms with Crippen molar-refractivity contribution in [2.24, 2.45) is 5.92 Å². The number of aliphatic hydroxyl groups excluding tert-OH is 1. The Morgan fingerprint density at radius 3 is 2.32 bits per heavy atom. The Bertz CT molecular complexity index is 429. The van der Waals surface area contributed by atoms with Crippen molar-refractivity contribution in [3.63, 3.8) is 0 Å². The fourth-order valence-corrected chi connectivity index (χ4v) is 3.90. The lowest BCUT2D eigenvalue weighted by Crippen LogP contribution is -2.44. The summed E-state index contributed by atoms with van der Waals surface area (Å²) in [6.45, 7) is 3.55. The van der Waals surface area contributed by atoms with Crippen molar-refractivity contribution in [1.29, 1.82) is 0 Å². The third kappa shape index (κ3) is 3.27. The fraction of sp³-hybridized carbons (Fsp3) is 0.917. The van der Waals surface area contributed by atoms with E-state index in [1.807, 2.05) is 0 Å². The quantitative estimate of drug-likeness (QED) is 0.770. The summed E-state index contributed by atoms with van der Waals surface area (Å²) in [6.07, 6.45) is 1.42. The smallest absolute Gasteiger partial charge is 0.225 e. The van der Waals surface area contributed by atoms with E-state index in [9.17, 15) is 18.3 Å². The van der Waals surface area contributed by atoms with Gasteiger partial charge in [0.05, 0.1) is 11.9 Å². The van der Waals surface area contributed by atoms with Gasteiger partial charge in [0.25, 0.3) is 0 Å². The molecule has 0 bridgehead atoms. The molecule has 19 heavy (non-hydrogen) atoms.